The van der Waals surface area contributed by atoms with Gasteiger partial charge >= 0.3 is 5.97 Å². The number of thiazole rings is 1. The normalized spacial score (nSPS) is 31.6. The molecule has 2 rings (SSSR count). The average molecular weight is 504 g/mol. The molecule has 0 aromatic carbocycles. The number of ether oxygens (including phenoxy) is 1. The number of hydrogen-bond acceptors (Lipinski definition) is 7. The Hall–Kier alpha value is -2.12. The van der Waals surface area contributed by atoms with E-state index in [0.29, 0.717) is 24.8 Å². The third-order valence-corrected chi connectivity index (χ3v) is 8.42. The largest absolute Gasteiger partial charge is 0.457 e. The second kappa shape index (κ2) is 12.2. The summed E-state index contributed by atoms with van der Waals surface area (Å²) in [5.41, 5.74) is 1.12. The molecular weight excluding hydrogens is 462 g/mol. The third kappa shape index (κ3) is 7.68. The van der Waals surface area contributed by atoms with E-state index >= 15 is 0 Å². The number of hydrogen-bond donors (Lipinski definition) is 1. The van der Waals surface area contributed by atoms with Crippen molar-refractivity contribution >= 4 is 34.9 Å². The van der Waals surface area contributed by atoms with Crippen LogP contribution in [0.25, 0.3) is 6.08 Å². The van der Waals surface area contributed by atoms with Crippen molar-refractivity contribution in [2.24, 2.45) is 23.2 Å². The van der Waals surface area contributed by atoms with Crippen molar-refractivity contribution in [3.8, 4) is 0 Å². The molecule has 0 saturated carbocycles. The van der Waals surface area contributed by atoms with Crippen LogP contribution in [0.5, 0.6) is 0 Å². The number of esters is 1. The topological polar surface area (TPSA) is 93.6 Å². The summed E-state index contributed by atoms with van der Waals surface area (Å²) >= 11 is 1.54. The van der Waals surface area contributed by atoms with Gasteiger partial charge < -0.3 is 9.84 Å². The molecule has 6 nitrogen and oxygen atoms in total. The van der Waals surface area contributed by atoms with E-state index in [1.54, 1.807) is 20.8 Å². The Labute approximate surface area is 213 Å². The fourth-order valence-electron chi connectivity index (χ4n) is 4.42. The molecule has 1 N–H and O–H groups in total. The van der Waals surface area contributed by atoms with E-state index in [9.17, 15) is 19.5 Å². The lowest BCUT2D eigenvalue weighted by molar-refractivity contribution is -0.153. The molecule has 0 aliphatic carbocycles. The molecule has 0 unspecified atom stereocenters. The summed E-state index contributed by atoms with van der Waals surface area (Å²) in [6.45, 7) is 14.9. The van der Waals surface area contributed by atoms with Crippen LogP contribution in [0.1, 0.15) is 84.9 Å². The number of aliphatic hydroxyl groups is 1. The van der Waals surface area contributed by atoms with Gasteiger partial charge in [-0.1, -0.05) is 40.7 Å². The standard InChI is InChI=1S/C28H41NO5S/c1-16-9-11-23(30)17(2)10-12-24(18(3)13-22-15-35-21(6)29-22)34-26(32)14-25(31)28(7,8)27(33)20(5)19(16)4/h10,13,15-16,19-20,24-25,31H,9,11-12,14H2,1-8H3/b17-10-,18-13+/t16-,19-,20+,24-,25-/m0/s1. The molecule has 0 amide bonds. The molecule has 0 saturated heterocycles. The summed E-state index contributed by atoms with van der Waals surface area (Å²) in [6.07, 6.45) is 3.09. The minimum absolute atomic E-state index is 0.0393. The molecule has 1 aliphatic heterocycles. The van der Waals surface area contributed by atoms with Crippen molar-refractivity contribution in [2.75, 3.05) is 0 Å². The zero-order valence-electron chi connectivity index (χ0n) is 22.4. The number of ketones is 2. The quantitative estimate of drug-likeness (QED) is 0.519. The number of aryl methyl sites for hydroxylation is 1. The lowest BCUT2D eigenvalue weighted by atomic mass is 9.70. The summed E-state index contributed by atoms with van der Waals surface area (Å²) in [5, 5.41) is 13.8. The molecule has 0 radical (unpaired) electrons. The van der Waals surface area contributed by atoms with Gasteiger partial charge in [-0.3, -0.25) is 14.4 Å². The highest BCUT2D eigenvalue weighted by molar-refractivity contribution is 7.09. The zero-order chi connectivity index (χ0) is 26.5. The fourth-order valence-corrected chi connectivity index (χ4v) is 4.99. The average Bonchev–Trinajstić information content (AvgIpc) is 3.21. The number of carbonyl (C=O) groups is 3. The van der Waals surface area contributed by atoms with Gasteiger partial charge in [-0.25, -0.2) is 4.98 Å². The Morgan fingerprint density at radius 3 is 2.46 bits per heavy atom. The molecule has 1 aliphatic rings. The predicted octanol–water partition coefficient (Wildman–Crippen LogP) is 5.72. The van der Waals surface area contributed by atoms with Crippen LogP contribution in [0.2, 0.25) is 0 Å². The number of aromatic nitrogens is 1. The molecule has 194 valence electrons. The van der Waals surface area contributed by atoms with Gasteiger partial charge in [0.05, 0.1) is 28.6 Å². The van der Waals surface area contributed by atoms with Crippen LogP contribution in [0.4, 0.5) is 0 Å². The maximum atomic E-state index is 13.3. The second-order valence-electron chi connectivity index (χ2n) is 10.7. The maximum absolute atomic E-state index is 13.3. The number of rotatable bonds is 2. The second-order valence-corrected chi connectivity index (χ2v) is 11.7. The number of Topliss-reactive ketones (excluding diaryl/α,β-unsaturated/α-hetero) is 2. The summed E-state index contributed by atoms with van der Waals surface area (Å²) < 4.78 is 5.78. The van der Waals surface area contributed by atoms with Gasteiger partial charge in [0, 0.05) is 24.1 Å². The number of nitrogens with zero attached hydrogens (tertiary/aromatic N) is 1. The molecule has 35 heavy (non-hydrogen) atoms. The van der Waals surface area contributed by atoms with Crippen LogP contribution in [0.3, 0.4) is 0 Å². The van der Waals surface area contributed by atoms with E-state index < -0.39 is 23.6 Å². The Balaban J connectivity index is 2.39. The number of carbonyl (C=O) groups excluding carboxylic acids is 3. The maximum Gasteiger partial charge on any atom is 0.309 e. The van der Waals surface area contributed by atoms with Crippen molar-refractivity contribution < 1.29 is 24.2 Å². The molecule has 1 aromatic rings. The Morgan fingerprint density at radius 1 is 1.20 bits per heavy atom. The fraction of sp³-hybridized carbons (Fsp3) is 0.643. The first-order chi connectivity index (χ1) is 16.2. The predicted molar refractivity (Wildman–Crippen MR) is 140 cm³/mol. The van der Waals surface area contributed by atoms with Crippen LogP contribution in [-0.2, 0) is 19.1 Å². The van der Waals surface area contributed by atoms with Gasteiger partial charge in [-0.2, -0.15) is 0 Å². The molecule has 2 heterocycles. The van der Waals surface area contributed by atoms with Crippen molar-refractivity contribution in [1.82, 2.24) is 4.98 Å². The first-order valence-electron chi connectivity index (χ1n) is 12.5. The van der Waals surface area contributed by atoms with E-state index in [-0.39, 0.29) is 35.7 Å². The van der Waals surface area contributed by atoms with Crippen molar-refractivity contribution in [3.05, 3.63) is 33.3 Å². The van der Waals surface area contributed by atoms with Crippen LogP contribution < -0.4 is 0 Å². The summed E-state index contributed by atoms with van der Waals surface area (Å²) in [7, 11) is 0. The summed E-state index contributed by atoms with van der Waals surface area (Å²) in [4.78, 5) is 43.4. The smallest absolute Gasteiger partial charge is 0.309 e. The lowest BCUT2D eigenvalue weighted by Crippen LogP contribution is -2.44. The molecule has 7 heteroatoms. The van der Waals surface area contributed by atoms with Gasteiger partial charge in [0.1, 0.15) is 11.9 Å². The highest BCUT2D eigenvalue weighted by Crippen LogP contribution is 2.34. The Morgan fingerprint density at radius 2 is 1.86 bits per heavy atom. The number of aliphatic hydroxyl groups excluding tert-OH is 1. The zero-order valence-corrected chi connectivity index (χ0v) is 23.2. The molecule has 0 spiro atoms. The van der Waals surface area contributed by atoms with Crippen LogP contribution in [0, 0.1) is 30.1 Å². The third-order valence-electron chi connectivity index (χ3n) is 7.63. The van der Waals surface area contributed by atoms with E-state index in [1.807, 2.05) is 45.2 Å². The minimum atomic E-state index is -1.16. The first-order valence-corrected chi connectivity index (χ1v) is 13.3. The molecule has 5 atom stereocenters. The van der Waals surface area contributed by atoms with Gasteiger partial charge in [0.2, 0.25) is 0 Å². The molecule has 1 aromatic heterocycles. The molecular formula is C28H41NO5S. The highest BCUT2D eigenvalue weighted by atomic mass is 32.1. The lowest BCUT2D eigenvalue weighted by Gasteiger charge is -2.35. The summed E-state index contributed by atoms with van der Waals surface area (Å²) in [6, 6.07) is 0. The van der Waals surface area contributed by atoms with Gasteiger partial charge in [-0.05, 0) is 56.3 Å². The van der Waals surface area contributed by atoms with Crippen molar-refractivity contribution in [2.45, 2.75) is 93.3 Å². The van der Waals surface area contributed by atoms with Gasteiger partial charge in [-0.15, -0.1) is 11.3 Å². The van der Waals surface area contributed by atoms with E-state index in [1.165, 1.54) is 11.3 Å². The Kier molecular flexibility index (Phi) is 10.2. The van der Waals surface area contributed by atoms with E-state index in [0.717, 1.165) is 16.3 Å². The van der Waals surface area contributed by atoms with E-state index in [4.69, 9.17) is 4.74 Å². The molecule has 0 bridgehead atoms. The van der Waals surface area contributed by atoms with Crippen molar-refractivity contribution in [1.29, 1.82) is 0 Å². The SMILES string of the molecule is C/C1=C/C[C@@H](/C(C)=C/c2csc(C)n2)OC(=O)C[C@H](O)C(C)(C)C(=O)[C@H](C)[C@@H](C)[C@@H](C)CCC1=O. The van der Waals surface area contributed by atoms with Gasteiger partial charge in [0.15, 0.2) is 5.78 Å². The minimum Gasteiger partial charge on any atom is -0.457 e. The van der Waals surface area contributed by atoms with Crippen LogP contribution >= 0.6 is 11.3 Å². The number of cyclic esters (lactones) is 1. The number of allylic oxidation sites excluding steroid dienone is 1. The van der Waals surface area contributed by atoms with E-state index in [2.05, 4.69) is 11.9 Å². The van der Waals surface area contributed by atoms with Crippen LogP contribution in [-0.4, -0.2) is 39.8 Å². The van der Waals surface area contributed by atoms with Crippen LogP contribution in [0.15, 0.2) is 22.6 Å². The highest BCUT2D eigenvalue weighted by Gasteiger charge is 2.41. The van der Waals surface area contributed by atoms with Crippen molar-refractivity contribution in [3.63, 3.8) is 0 Å². The van der Waals surface area contributed by atoms with Gasteiger partial charge in [0.25, 0.3) is 0 Å². The monoisotopic (exact) mass is 503 g/mol. The molecule has 0 fully saturated rings. The first kappa shape index (κ1) is 29.1. The summed E-state index contributed by atoms with van der Waals surface area (Å²) in [5.74, 6) is -0.715. The Bertz CT molecular complexity index is 989.